The number of carbonyl (C=O) groups excluding carboxylic acids is 2. The van der Waals surface area contributed by atoms with Crippen LogP contribution in [0.4, 0.5) is 4.79 Å². The number of urea groups is 1. The van der Waals surface area contributed by atoms with Gasteiger partial charge in [0, 0.05) is 26.1 Å². The van der Waals surface area contributed by atoms with E-state index >= 15 is 0 Å². The van der Waals surface area contributed by atoms with Crippen molar-refractivity contribution in [2.75, 3.05) is 13.1 Å². The Kier molecular flexibility index (Phi) is 7.94. The fourth-order valence-corrected chi connectivity index (χ4v) is 2.14. The second-order valence-electron chi connectivity index (χ2n) is 5.05. The fraction of sp³-hybridized carbons (Fsp3) is 0.500. The quantitative estimate of drug-likeness (QED) is 0.685. The first-order chi connectivity index (χ1) is 10.1. The first kappa shape index (κ1) is 17.0. The Bertz CT molecular complexity index is 434. The lowest BCUT2D eigenvalue weighted by Gasteiger charge is -2.22. The van der Waals surface area contributed by atoms with Crippen molar-refractivity contribution in [3.05, 3.63) is 35.9 Å². The van der Waals surface area contributed by atoms with E-state index in [1.165, 1.54) is 0 Å². The van der Waals surface area contributed by atoms with Crippen molar-refractivity contribution in [3.8, 4) is 0 Å². The molecule has 3 amide bonds. The molecule has 1 aromatic rings. The minimum atomic E-state index is -0.516. The second-order valence-corrected chi connectivity index (χ2v) is 5.05. The SMILES string of the molecule is CCCN(Cc1ccccc1)C(=O)CCCCNC(N)=O. The Labute approximate surface area is 126 Å². The van der Waals surface area contributed by atoms with Gasteiger partial charge in [0.15, 0.2) is 0 Å². The average Bonchev–Trinajstić information content (AvgIpc) is 2.47. The van der Waals surface area contributed by atoms with Crippen molar-refractivity contribution >= 4 is 11.9 Å². The van der Waals surface area contributed by atoms with Gasteiger partial charge in [-0.25, -0.2) is 4.79 Å². The standard InChI is InChI=1S/C16H25N3O2/c1-2-12-19(13-14-8-4-3-5-9-14)15(20)10-6-7-11-18-16(17)21/h3-5,8-9H,2,6-7,10-13H2,1H3,(H3,17,18,21). The molecule has 0 fully saturated rings. The summed E-state index contributed by atoms with van der Waals surface area (Å²) in [6, 6.07) is 9.50. The van der Waals surface area contributed by atoms with Crippen molar-refractivity contribution in [2.45, 2.75) is 39.2 Å². The Morgan fingerprint density at radius 1 is 1.19 bits per heavy atom. The zero-order chi connectivity index (χ0) is 15.5. The Balaban J connectivity index is 2.37. The van der Waals surface area contributed by atoms with Gasteiger partial charge in [-0.15, -0.1) is 0 Å². The van der Waals surface area contributed by atoms with Crippen LogP contribution in [0.2, 0.25) is 0 Å². The Morgan fingerprint density at radius 2 is 1.90 bits per heavy atom. The van der Waals surface area contributed by atoms with Gasteiger partial charge in [-0.2, -0.15) is 0 Å². The topological polar surface area (TPSA) is 75.4 Å². The number of nitrogens with one attached hydrogen (secondary N) is 1. The van der Waals surface area contributed by atoms with E-state index in [4.69, 9.17) is 5.73 Å². The van der Waals surface area contributed by atoms with E-state index in [-0.39, 0.29) is 5.91 Å². The van der Waals surface area contributed by atoms with Crippen LogP contribution >= 0.6 is 0 Å². The summed E-state index contributed by atoms with van der Waals surface area (Å²) >= 11 is 0. The van der Waals surface area contributed by atoms with Crippen LogP contribution in [0.1, 0.15) is 38.2 Å². The van der Waals surface area contributed by atoms with Gasteiger partial charge in [0.05, 0.1) is 0 Å². The van der Waals surface area contributed by atoms with Crippen LogP contribution in [0, 0.1) is 0 Å². The van der Waals surface area contributed by atoms with Gasteiger partial charge in [0.1, 0.15) is 0 Å². The normalized spacial score (nSPS) is 10.1. The van der Waals surface area contributed by atoms with Gasteiger partial charge in [-0.3, -0.25) is 4.79 Å². The summed E-state index contributed by atoms with van der Waals surface area (Å²) in [6.45, 7) is 4.03. The third-order valence-electron chi connectivity index (χ3n) is 3.18. The maximum atomic E-state index is 12.2. The lowest BCUT2D eigenvalue weighted by molar-refractivity contribution is -0.132. The van der Waals surface area contributed by atoms with Gasteiger partial charge in [0.2, 0.25) is 5.91 Å². The third-order valence-corrected chi connectivity index (χ3v) is 3.18. The summed E-state index contributed by atoms with van der Waals surface area (Å²) in [5, 5.41) is 2.53. The van der Waals surface area contributed by atoms with Crippen LogP contribution in [0.15, 0.2) is 30.3 Å². The summed E-state index contributed by atoms with van der Waals surface area (Å²) in [5.74, 6) is 0.166. The van der Waals surface area contributed by atoms with E-state index < -0.39 is 6.03 Å². The molecule has 0 aliphatic carbocycles. The summed E-state index contributed by atoms with van der Waals surface area (Å²) in [4.78, 5) is 24.7. The molecule has 116 valence electrons. The van der Waals surface area contributed by atoms with Crippen LogP contribution in [0.5, 0.6) is 0 Å². The molecule has 3 N–H and O–H groups in total. The van der Waals surface area contributed by atoms with Gasteiger partial charge in [-0.1, -0.05) is 37.3 Å². The molecule has 0 saturated carbocycles. The number of unbranched alkanes of at least 4 members (excludes halogenated alkanes) is 1. The van der Waals surface area contributed by atoms with Crippen molar-refractivity contribution in [1.29, 1.82) is 0 Å². The number of nitrogens with two attached hydrogens (primary N) is 1. The third kappa shape index (κ3) is 7.34. The summed E-state index contributed by atoms with van der Waals surface area (Å²) in [5.41, 5.74) is 6.13. The fourth-order valence-electron chi connectivity index (χ4n) is 2.14. The maximum absolute atomic E-state index is 12.2. The molecule has 0 atom stereocenters. The second kappa shape index (κ2) is 9.80. The number of hydrogen-bond acceptors (Lipinski definition) is 2. The Morgan fingerprint density at radius 3 is 2.52 bits per heavy atom. The summed E-state index contributed by atoms with van der Waals surface area (Å²) in [7, 11) is 0. The van der Waals surface area contributed by atoms with Crippen LogP contribution in [0.25, 0.3) is 0 Å². The molecular weight excluding hydrogens is 266 g/mol. The summed E-state index contributed by atoms with van der Waals surface area (Å²) in [6.07, 6.45) is 2.98. The molecule has 1 aromatic carbocycles. The smallest absolute Gasteiger partial charge is 0.312 e. The monoisotopic (exact) mass is 291 g/mol. The molecule has 0 saturated heterocycles. The highest BCUT2D eigenvalue weighted by molar-refractivity contribution is 5.76. The number of primary amides is 1. The maximum Gasteiger partial charge on any atom is 0.312 e. The molecule has 0 aromatic heterocycles. The van der Waals surface area contributed by atoms with E-state index in [2.05, 4.69) is 12.2 Å². The van der Waals surface area contributed by atoms with Crippen molar-refractivity contribution in [3.63, 3.8) is 0 Å². The van der Waals surface area contributed by atoms with Gasteiger partial charge < -0.3 is 16.0 Å². The number of rotatable bonds is 9. The predicted molar refractivity (Wildman–Crippen MR) is 83.6 cm³/mol. The van der Waals surface area contributed by atoms with E-state index in [9.17, 15) is 9.59 Å². The van der Waals surface area contributed by atoms with Crippen molar-refractivity contribution in [2.24, 2.45) is 5.73 Å². The molecule has 5 nitrogen and oxygen atoms in total. The van der Waals surface area contributed by atoms with Crippen molar-refractivity contribution in [1.82, 2.24) is 10.2 Å². The van der Waals surface area contributed by atoms with Crippen LogP contribution in [-0.2, 0) is 11.3 Å². The highest BCUT2D eigenvalue weighted by atomic mass is 16.2. The highest BCUT2D eigenvalue weighted by Crippen LogP contribution is 2.08. The molecule has 0 aliphatic heterocycles. The summed E-state index contributed by atoms with van der Waals surface area (Å²) < 4.78 is 0. The Hall–Kier alpha value is -2.04. The van der Waals surface area contributed by atoms with Crippen LogP contribution in [0.3, 0.4) is 0 Å². The molecule has 0 spiro atoms. The number of hydrogen-bond donors (Lipinski definition) is 2. The number of amides is 3. The lowest BCUT2D eigenvalue weighted by atomic mass is 10.1. The molecule has 21 heavy (non-hydrogen) atoms. The minimum Gasteiger partial charge on any atom is -0.352 e. The lowest BCUT2D eigenvalue weighted by Crippen LogP contribution is -2.32. The van der Waals surface area contributed by atoms with Crippen molar-refractivity contribution < 1.29 is 9.59 Å². The predicted octanol–water partition coefficient (Wildman–Crippen LogP) is 2.26. The van der Waals surface area contributed by atoms with E-state index in [0.29, 0.717) is 19.5 Å². The highest BCUT2D eigenvalue weighted by Gasteiger charge is 2.12. The van der Waals surface area contributed by atoms with Crippen LogP contribution < -0.4 is 11.1 Å². The zero-order valence-electron chi connectivity index (χ0n) is 12.7. The van der Waals surface area contributed by atoms with Gasteiger partial charge >= 0.3 is 6.03 Å². The van der Waals surface area contributed by atoms with E-state index in [1.54, 1.807) is 0 Å². The first-order valence-corrected chi connectivity index (χ1v) is 7.48. The van der Waals surface area contributed by atoms with Crippen LogP contribution in [-0.4, -0.2) is 29.9 Å². The zero-order valence-corrected chi connectivity index (χ0v) is 12.7. The van der Waals surface area contributed by atoms with E-state index in [0.717, 1.165) is 31.4 Å². The van der Waals surface area contributed by atoms with E-state index in [1.807, 2.05) is 35.2 Å². The molecule has 0 unspecified atom stereocenters. The number of carbonyl (C=O) groups is 2. The molecule has 0 radical (unpaired) electrons. The molecule has 5 heteroatoms. The number of nitrogens with zero attached hydrogens (tertiary/aromatic N) is 1. The minimum absolute atomic E-state index is 0.166. The molecule has 0 aliphatic rings. The average molecular weight is 291 g/mol. The first-order valence-electron chi connectivity index (χ1n) is 7.48. The molecule has 0 bridgehead atoms. The van der Waals surface area contributed by atoms with Gasteiger partial charge in [-0.05, 0) is 24.8 Å². The largest absolute Gasteiger partial charge is 0.352 e. The molecule has 0 heterocycles. The van der Waals surface area contributed by atoms with Gasteiger partial charge in [0.25, 0.3) is 0 Å². The molecular formula is C16H25N3O2. The molecule has 1 rings (SSSR count). The number of benzene rings is 1.